The minimum Gasteiger partial charge on any atom is -0.316 e. The van der Waals surface area contributed by atoms with Gasteiger partial charge in [-0.2, -0.15) is 0 Å². The van der Waals surface area contributed by atoms with Crippen molar-refractivity contribution in [3.63, 3.8) is 0 Å². The van der Waals surface area contributed by atoms with Gasteiger partial charge in [0.1, 0.15) is 5.25 Å². The minimum atomic E-state index is -3.40. The van der Waals surface area contributed by atoms with Crippen molar-refractivity contribution in [3.8, 4) is 0 Å². The zero-order chi connectivity index (χ0) is 14.6. The lowest BCUT2D eigenvalue weighted by molar-refractivity contribution is 0.0991. The molecule has 4 nitrogen and oxygen atoms in total. The first kappa shape index (κ1) is 15.2. The molecule has 1 saturated heterocycles. The molecule has 0 radical (unpaired) electrons. The highest BCUT2D eigenvalue weighted by Gasteiger charge is 2.31. The summed E-state index contributed by atoms with van der Waals surface area (Å²) in [5.41, 5.74) is 0.463. The molecule has 1 N–H and O–H groups in total. The van der Waals surface area contributed by atoms with Crippen LogP contribution in [0.25, 0.3) is 0 Å². The molecule has 0 amide bonds. The number of Topliss-reactive ketones (excluding diaryl/α,β-unsaturated/α-hetero) is 1. The van der Waals surface area contributed by atoms with Gasteiger partial charge in [-0.3, -0.25) is 4.79 Å². The summed E-state index contributed by atoms with van der Waals surface area (Å²) < 4.78 is 24.7. The Bertz CT molecular complexity index is 548. The number of benzene rings is 1. The molecule has 0 aliphatic carbocycles. The maximum Gasteiger partial charge on any atom is 0.180 e. The number of carbonyl (C=O) groups is 1. The quantitative estimate of drug-likeness (QED) is 0.839. The van der Waals surface area contributed by atoms with Crippen LogP contribution in [0, 0.1) is 5.92 Å². The third-order valence-electron chi connectivity index (χ3n) is 3.83. The first-order valence-electron chi connectivity index (χ1n) is 7.02. The Morgan fingerprint density at radius 2 is 2.05 bits per heavy atom. The topological polar surface area (TPSA) is 63.2 Å². The lowest BCUT2D eigenvalue weighted by Gasteiger charge is -2.23. The average Bonchev–Trinajstić information content (AvgIpc) is 2.47. The predicted molar refractivity (Wildman–Crippen MR) is 79.6 cm³/mol. The smallest absolute Gasteiger partial charge is 0.180 e. The second-order valence-electron chi connectivity index (χ2n) is 5.41. The molecule has 20 heavy (non-hydrogen) atoms. The largest absolute Gasteiger partial charge is 0.316 e. The van der Waals surface area contributed by atoms with Crippen molar-refractivity contribution in [1.82, 2.24) is 5.32 Å². The normalized spacial score (nSPS) is 21.4. The van der Waals surface area contributed by atoms with Crippen LogP contribution in [0.4, 0.5) is 0 Å². The van der Waals surface area contributed by atoms with E-state index in [4.69, 9.17) is 0 Å². The van der Waals surface area contributed by atoms with Gasteiger partial charge in [0, 0.05) is 5.56 Å². The second kappa shape index (κ2) is 6.50. The summed E-state index contributed by atoms with van der Waals surface area (Å²) in [5.74, 6) is -0.0890. The second-order valence-corrected chi connectivity index (χ2v) is 7.78. The molecule has 1 aliphatic rings. The number of hydrogen-bond acceptors (Lipinski definition) is 4. The molecule has 2 rings (SSSR count). The molecule has 2 atom stereocenters. The molecule has 1 heterocycles. The Kier molecular flexibility index (Phi) is 4.94. The summed E-state index contributed by atoms with van der Waals surface area (Å²) in [6, 6.07) is 8.63. The third kappa shape index (κ3) is 3.67. The maximum absolute atomic E-state index is 12.4. The average molecular weight is 295 g/mol. The first-order chi connectivity index (χ1) is 9.50. The van der Waals surface area contributed by atoms with Gasteiger partial charge in [0.15, 0.2) is 15.6 Å². The van der Waals surface area contributed by atoms with Crippen LogP contribution in [0.5, 0.6) is 0 Å². The van der Waals surface area contributed by atoms with E-state index in [0.717, 1.165) is 25.9 Å². The van der Waals surface area contributed by atoms with E-state index in [9.17, 15) is 13.2 Å². The molecular weight excluding hydrogens is 274 g/mol. The zero-order valence-corrected chi connectivity index (χ0v) is 12.5. The molecule has 1 fully saturated rings. The van der Waals surface area contributed by atoms with E-state index < -0.39 is 15.1 Å². The van der Waals surface area contributed by atoms with E-state index in [1.54, 1.807) is 24.3 Å². The number of carbonyl (C=O) groups excluding carboxylic acids is 1. The molecule has 110 valence electrons. The lowest BCUT2D eigenvalue weighted by Crippen LogP contribution is -2.38. The first-order valence-corrected chi connectivity index (χ1v) is 8.74. The fourth-order valence-corrected chi connectivity index (χ4v) is 4.23. The molecule has 2 unspecified atom stereocenters. The standard InChI is InChI=1S/C15H21NO3S/c1-12(15(17)14-7-3-2-4-8-14)20(18,19)11-13-6-5-9-16-10-13/h2-4,7-8,12-13,16H,5-6,9-11H2,1H3. The van der Waals surface area contributed by atoms with E-state index in [1.807, 2.05) is 6.07 Å². The van der Waals surface area contributed by atoms with Crippen LogP contribution >= 0.6 is 0 Å². The van der Waals surface area contributed by atoms with Gasteiger partial charge >= 0.3 is 0 Å². The highest BCUT2D eigenvalue weighted by molar-refractivity contribution is 7.92. The monoisotopic (exact) mass is 295 g/mol. The van der Waals surface area contributed by atoms with E-state index in [0.29, 0.717) is 5.56 Å². The highest BCUT2D eigenvalue weighted by atomic mass is 32.2. The summed E-state index contributed by atoms with van der Waals surface area (Å²) in [4.78, 5) is 12.2. The van der Waals surface area contributed by atoms with Gasteiger partial charge in [-0.05, 0) is 38.8 Å². The summed E-state index contributed by atoms with van der Waals surface area (Å²) in [6.45, 7) is 3.18. The Morgan fingerprint density at radius 3 is 2.65 bits per heavy atom. The van der Waals surface area contributed by atoms with Crippen molar-refractivity contribution >= 4 is 15.6 Å². The molecule has 0 aromatic heterocycles. The maximum atomic E-state index is 12.4. The van der Waals surface area contributed by atoms with Crippen LogP contribution in [0.3, 0.4) is 0 Å². The van der Waals surface area contributed by atoms with Gasteiger partial charge < -0.3 is 5.32 Å². The van der Waals surface area contributed by atoms with E-state index in [1.165, 1.54) is 6.92 Å². The van der Waals surface area contributed by atoms with E-state index in [2.05, 4.69) is 5.32 Å². The fraction of sp³-hybridized carbons (Fsp3) is 0.533. The molecule has 0 spiro atoms. The minimum absolute atomic E-state index is 0.0970. The van der Waals surface area contributed by atoms with Crippen LogP contribution < -0.4 is 5.32 Å². The van der Waals surface area contributed by atoms with E-state index in [-0.39, 0.29) is 17.5 Å². The summed E-state index contributed by atoms with van der Waals surface area (Å²) >= 11 is 0. The van der Waals surface area contributed by atoms with Crippen molar-refractivity contribution in [2.75, 3.05) is 18.8 Å². The summed E-state index contributed by atoms with van der Waals surface area (Å²) in [7, 11) is -3.40. The predicted octanol–water partition coefficient (Wildman–Crippen LogP) is 1.67. The van der Waals surface area contributed by atoms with Crippen LogP contribution in [-0.2, 0) is 9.84 Å². The van der Waals surface area contributed by atoms with Gasteiger partial charge in [-0.25, -0.2) is 8.42 Å². The van der Waals surface area contributed by atoms with E-state index >= 15 is 0 Å². The van der Waals surface area contributed by atoms with Gasteiger partial charge in [0.25, 0.3) is 0 Å². The number of sulfone groups is 1. The molecule has 0 saturated carbocycles. The Labute approximate surface area is 120 Å². The van der Waals surface area contributed by atoms with Gasteiger partial charge in [0.2, 0.25) is 0 Å². The molecular formula is C15H21NO3S. The molecule has 1 aromatic rings. The van der Waals surface area contributed by atoms with Crippen LogP contribution in [0.15, 0.2) is 30.3 Å². The number of piperidine rings is 1. The molecule has 5 heteroatoms. The third-order valence-corrected chi connectivity index (χ3v) is 6.06. The fourth-order valence-electron chi connectivity index (χ4n) is 2.54. The van der Waals surface area contributed by atoms with Gasteiger partial charge in [0.05, 0.1) is 5.75 Å². The number of ketones is 1. The highest BCUT2D eigenvalue weighted by Crippen LogP contribution is 2.18. The molecule has 0 bridgehead atoms. The van der Waals surface area contributed by atoms with Crippen molar-refractivity contribution in [1.29, 1.82) is 0 Å². The summed E-state index contributed by atoms with van der Waals surface area (Å²) in [5, 5.41) is 2.24. The van der Waals surface area contributed by atoms with Crippen LogP contribution in [0.1, 0.15) is 30.1 Å². The van der Waals surface area contributed by atoms with Crippen molar-refractivity contribution in [3.05, 3.63) is 35.9 Å². The lowest BCUT2D eigenvalue weighted by atomic mass is 10.0. The van der Waals surface area contributed by atoms with Crippen LogP contribution in [-0.4, -0.2) is 38.3 Å². The Balaban J connectivity index is 2.06. The summed E-state index contributed by atoms with van der Waals surface area (Å²) in [6.07, 6.45) is 1.92. The van der Waals surface area contributed by atoms with Crippen molar-refractivity contribution in [2.45, 2.75) is 25.0 Å². The molecule has 1 aromatic carbocycles. The van der Waals surface area contributed by atoms with Crippen molar-refractivity contribution in [2.24, 2.45) is 5.92 Å². The number of rotatable bonds is 5. The SMILES string of the molecule is CC(C(=O)c1ccccc1)S(=O)(=O)CC1CCCNC1. The molecule has 1 aliphatic heterocycles. The number of hydrogen-bond donors (Lipinski definition) is 1. The number of nitrogens with one attached hydrogen (secondary N) is 1. The van der Waals surface area contributed by atoms with Gasteiger partial charge in [-0.1, -0.05) is 30.3 Å². The Morgan fingerprint density at radius 1 is 1.35 bits per heavy atom. The van der Waals surface area contributed by atoms with Gasteiger partial charge in [-0.15, -0.1) is 0 Å². The zero-order valence-electron chi connectivity index (χ0n) is 11.7. The van der Waals surface area contributed by atoms with Crippen molar-refractivity contribution < 1.29 is 13.2 Å². The van der Waals surface area contributed by atoms with Crippen LogP contribution in [0.2, 0.25) is 0 Å². The Hall–Kier alpha value is -1.20.